The Morgan fingerprint density at radius 1 is 0.714 bits per heavy atom. The molecular formula is C10H22O3P+. The van der Waals surface area contributed by atoms with Crippen LogP contribution in [0, 0.1) is 0 Å². The summed E-state index contributed by atoms with van der Waals surface area (Å²) in [6.45, 7) is 0.487. The zero-order chi connectivity index (χ0) is 10.6. The molecule has 0 unspecified atom stereocenters. The molecule has 0 aliphatic carbocycles. The van der Waals surface area contributed by atoms with E-state index in [1.54, 1.807) is 0 Å². The Balaban J connectivity index is 3.11. The SMILES string of the molecule is O=[P+](CCCCCO)CCCCCO. The predicted octanol–water partition coefficient (Wildman–Crippen LogP) is 2.14. The second-order valence-corrected chi connectivity index (χ2v) is 5.36. The van der Waals surface area contributed by atoms with Gasteiger partial charge in [0.1, 0.15) is 12.3 Å². The predicted molar refractivity (Wildman–Crippen MR) is 59.2 cm³/mol. The molecule has 0 radical (unpaired) electrons. The summed E-state index contributed by atoms with van der Waals surface area (Å²) in [6, 6.07) is 0. The van der Waals surface area contributed by atoms with Crippen LogP contribution in [0.15, 0.2) is 0 Å². The molecule has 3 nitrogen and oxygen atoms in total. The number of hydrogen-bond acceptors (Lipinski definition) is 3. The van der Waals surface area contributed by atoms with Gasteiger partial charge in [-0.05, 0) is 38.5 Å². The molecule has 0 aromatic carbocycles. The maximum Gasteiger partial charge on any atom is 0.338 e. The maximum absolute atomic E-state index is 11.4. The first-order valence-electron chi connectivity index (χ1n) is 5.45. The van der Waals surface area contributed by atoms with Crippen molar-refractivity contribution in [1.29, 1.82) is 0 Å². The van der Waals surface area contributed by atoms with Gasteiger partial charge in [0.25, 0.3) is 0 Å². The van der Waals surface area contributed by atoms with E-state index in [1.807, 2.05) is 0 Å². The van der Waals surface area contributed by atoms with Crippen molar-refractivity contribution in [3.63, 3.8) is 0 Å². The van der Waals surface area contributed by atoms with Gasteiger partial charge in [-0.2, -0.15) is 0 Å². The Morgan fingerprint density at radius 3 is 1.50 bits per heavy atom. The number of rotatable bonds is 10. The summed E-state index contributed by atoms with van der Waals surface area (Å²) in [5.41, 5.74) is 0. The minimum absolute atomic E-state index is 0.243. The molecule has 84 valence electrons. The van der Waals surface area contributed by atoms with Gasteiger partial charge < -0.3 is 10.2 Å². The number of aliphatic hydroxyl groups excluding tert-OH is 2. The zero-order valence-electron chi connectivity index (χ0n) is 8.82. The summed E-state index contributed by atoms with van der Waals surface area (Å²) in [5, 5.41) is 17.1. The Labute approximate surface area is 87.3 Å². The van der Waals surface area contributed by atoms with Gasteiger partial charge in [0.05, 0.1) is 0 Å². The number of unbranched alkanes of at least 4 members (excludes halogenated alkanes) is 4. The highest BCUT2D eigenvalue weighted by atomic mass is 31.1. The summed E-state index contributed by atoms with van der Waals surface area (Å²) in [5.74, 6) is 0. The van der Waals surface area contributed by atoms with Gasteiger partial charge in [0.15, 0.2) is 0 Å². The molecule has 0 fully saturated rings. The van der Waals surface area contributed by atoms with Crippen LogP contribution in [0.4, 0.5) is 0 Å². The standard InChI is InChI=1S/C10H22O3P/c11-7-3-1-5-9-14(13)10-6-2-4-8-12/h11-12H,1-10H2/q+1. The molecule has 0 spiro atoms. The number of aliphatic hydroxyl groups is 2. The second kappa shape index (κ2) is 11.1. The molecule has 4 heteroatoms. The largest absolute Gasteiger partial charge is 0.396 e. The van der Waals surface area contributed by atoms with E-state index in [9.17, 15) is 4.57 Å². The molecule has 0 amide bonds. The lowest BCUT2D eigenvalue weighted by atomic mass is 10.3. The fraction of sp³-hybridized carbons (Fsp3) is 1.00. The van der Waals surface area contributed by atoms with Crippen LogP contribution < -0.4 is 0 Å². The van der Waals surface area contributed by atoms with Crippen molar-refractivity contribution in [3.05, 3.63) is 0 Å². The van der Waals surface area contributed by atoms with Gasteiger partial charge in [-0.3, -0.25) is 0 Å². The summed E-state index contributed by atoms with van der Waals surface area (Å²) < 4.78 is 11.4. The molecule has 0 bridgehead atoms. The molecule has 0 aromatic heterocycles. The van der Waals surface area contributed by atoms with Crippen molar-refractivity contribution in [2.45, 2.75) is 38.5 Å². The summed E-state index contributed by atoms with van der Waals surface area (Å²) in [6.07, 6.45) is 7.15. The molecule has 0 atom stereocenters. The molecule has 0 aromatic rings. The van der Waals surface area contributed by atoms with Crippen LogP contribution in [0.5, 0.6) is 0 Å². The first kappa shape index (κ1) is 14.0. The van der Waals surface area contributed by atoms with Crippen molar-refractivity contribution in [1.82, 2.24) is 0 Å². The minimum atomic E-state index is -1.03. The van der Waals surface area contributed by atoms with Crippen molar-refractivity contribution in [2.75, 3.05) is 25.5 Å². The van der Waals surface area contributed by atoms with E-state index in [0.29, 0.717) is 0 Å². The lowest BCUT2D eigenvalue weighted by molar-refractivity contribution is 0.284. The van der Waals surface area contributed by atoms with Gasteiger partial charge in [-0.25, -0.2) is 0 Å². The maximum atomic E-state index is 11.4. The van der Waals surface area contributed by atoms with E-state index < -0.39 is 7.80 Å². The third-order valence-electron chi connectivity index (χ3n) is 2.13. The van der Waals surface area contributed by atoms with Crippen molar-refractivity contribution in [2.24, 2.45) is 0 Å². The van der Waals surface area contributed by atoms with Crippen LogP contribution in [-0.2, 0) is 4.57 Å². The van der Waals surface area contributed by atoms with Gasteiger partial charge >= 0.3 is 7.80 Å². The van der Waals surface area contributed by atoms with Crippen molar-refractivity contribution >= 4 is 7.80 Å². The molecule has 0 saturated heterocycles. The zero-order valence-corrected chi connectivity index (χ0v) is 9.72. The van der Waals surface area contributed by atoms with E-state index in [2.05, 4.69) is 0 Å². The van der Waals surface area contributed by atoms with E-state index in [-0.39, 0.29) is 13.2 Å². The molecule has 0 aliphatic heterocycles. The normalized spacial score (nSPS) is 10.4. The fourth-order valence-corrected chi connectivity index (χ4v) is 2.64. The highest BCUT2D eigenvalue weighted by molar-refractivity contribution is 7.44. The highest BCUT2D eigenvalue weighted by Crippen LogP contribution is 2.24. The molecule has 0 heterocycles. The fourth-order valence-electron chi connectivity index (χ4n) is 1.27. The quantitative estimate of drug-likeness (QED) is 0.439. The average molecular weight is 221 g/mol. The molecule has 0 aliphatic rings. The van der Waals surface area contributed by atoms with E-state index in [1.165, 1.54) is 0 Å². The third kappa shape index (κ3) is 10.1. The van der Waals surface area contributed by atoms with Crippen molar-refractivity contribution in [3.8, 4) is 0 Å². The monoisotopic (exact) mass is 221 g/mol. The molecule has 0 rings (SSSR count). The smallest absolute Gasteiger partial charge is 0.338 e. The lowest BCUT2D eigenvalue weighted by Crippen LogP contribution is -1.89. The van der Waals surface area contributed by atoms with E-state index >= 15 is 0 Å². The molecule has 0 saturated carbocycles. The summed E-state index contributed by atoms with van der Waals surface area (Å²) in [4.78, 5) is 0. The molecular weight excluding hydrogens is 199 g/mol. The van der Waals surface area contributed by atoms with Gasteiger partial charge in [-0.15, -0.1) is 0 Å². The van der Waals surface area contributed by atoms with E-state index in [4.69, 9.17) is 10.2 Å². The Morgan fingerprint density at radius 2 is 1.14 bits per heavy atom. The minimum Gasteiger partial charge on any atom is -0.396 e. The summed E-state index contributed by atoms with van der Waals surface area (Å²) >= 11 is 0. The first-order valence-corrected chi connectivity index (χ1v) is 7.08. The van der Waals surface area contributed by atoms with Crippen LogP contribution in [-0.4, -0.2) is 35.8 Å². The van der Waals surface area contributed by atoms with Crippen LogP contribution in [0.2, 0.25) is 0 Å². The lowest BCUT2D eigenvalue weighted by Gasteiger charge is -1.93. The molecule has 14 heavy (non-hydrogen) atoms. The van der Waals surface area contributed by atoms with Crippen LogP contribution in [0.25, 0.3) is 0 Å². The Bertz CT molecular complexity index is 125. The first-order chi connectivity index (χ1) is 6.81. The summed E-state index contributed by atoms with van der Waals surface area (Å²) in [7, 11) is -1.03. The Hall–Kier alpha value is 0.0200. The van der Waals surface area contributed by atoms with Gasteiger partial charge in [0, 0.05) is 13.2 Å². The van der Waals surface area contributed by atoms with E-state index in [0.717, 1.165) is 50.8 Å². The average Bonchev–Trinajstić information content (AvgIpc) is 2.19. The Kier molecular flexibility index (Phi) is 11.1. The van der Waals surface area contributed by atoms with Crippen molar-refractivity contribution < 1.29 is 14.8 Å². The van der Waals surface area contributed by atoms with Gasteiger partial charge in [0.2, 0.25) is 0 Å². The third-order valence-corrected chi connectivity index (χ3v) is 3.76. The second-order valence-electron chi connectivity index (χ2n) is 3.50. The van der Waals surface area contributed by atoms with Crippen LogP contribution in [0.3, 0.4) is 0 Å². The van der Waals surface area contributed by atoms with Gasteiger partial charge in [-0.1, -0.05) is 4.57 Å². The molecule has 2 N–H and O–H groups in total. The topological polar surface area (TPSA) is 57.5 Å². The highest BCUT2D eigenvalue weighted by Gasteiger charge is 2.12. The van der Waals surface area contributed by atoms with Crippen LogP contribution >= 0.6 is 7.80 Å². The van der Waals surface area contributed by atoms with Crippen LogP contribution in [0.1, 0.15) is 38.5 Å². The number of hydrogen-bond donors (Lipinski definition) is 2.